The number of hydrogen-bond donors (Lipinski definition) is 0. The summed E-state index contributed by atoms with van der Waals surface area (Å²) in [7, 11) is 0. The Morgan fingerprint density at radius 1 is 0.500 bits per heavy atom. The summed E-state index contributed by atoms with van der Waals surface area (Å²) in [5, 5.41) is 0. The molecule has 136 valence electrons. The average molecular weight is 351 g/mol. The Kier molecular flexibility index (Phi) is 13.5. The van der Waals surface area contributed by atoms with E-state index >= 15 is 0 Å². The van der Waals surface area contributed by atoms with E-state index < -0.39 is 5.96 Å². The van der Waals surface area contributed by atoms with E-state index in [2.05, 4.69) is 27.7 Å². The van der Waals surface area contributed by atoms with E-state index in [1.54, 1.807) is 0 Å². The van der Waals surface area contributed by atoms with Gasteiger partial charge in [0.05, 0.1) is 0 Å². The molecule has 0 nitrogen and oxygen atoms in total. The van der Waals surface area contributed by atoms with Crippen molar-refractivity contribution in [3.63, 3.8) is 0 Å². The zero-order valence-corrected chi connectivity index (χ0v) is 17.8. The SMILES string of the molecule is CCCCCCCCP(Cl)(CC)(CC)CCCCCCCC. The Labute approximate surface area is 146 Å². The molecule has 0 atom stereocenters. The first-order chi connectivity index (χ1) is 10.5. The minimum atomic E-state index is -1.89. The van der Waals surface area contributed by atoms with E-state index in [4.69, 9.17) is 11.2 Å². The maximum absolute atomic E-state index is 7.38. The minimum absolute atomic E-state index is 1.26. The molecule has 0 rings (SSSR count). The third-order valence-electron chi connectivity index (χ3n) is 5.72. The summed E-state index contributed by atoms with van der Waals surface area (Å²) in [6, 6.07) is 0. The van der Waals surface area contributed by atoms with Crippen molar-refractivity contribution < 1.29 is 0 Å². The molecule has 0 aliphatic carbocycles. The van der Waals surface area contributed by atoms with Crippen LogP contribution in [0.25, 0.3) is 0 Å². The van der Waals surface area contributed by atoms with Gasteiger partial charge in [-0.3, -0.25) is 0 Å². The van der Waals surface area contributed by atoms with Crippen molar-refractivity contribution in [1.29, 1.82) is 0 Å². The van der Waals surface area contributed by atoms with Crippen molar-refractivity contribution in [3.8, 4) is 0 Å². The molecule has 22 heavy (non-hydrogen) atoms. The van der Waals surface area contributed by atoms with Gasteiger partial charge in [0.2, 0.25) is 0 Å². The Morgan fingerprint density at radius 3 is 1.14 bits per heavy atom. The van der Waals surface area contributed by atoms with Crippen molar-refractivity contribution in [2.24, 2.45) is 0 Å². The van der Waals surface area contributed by atoms with Gasteiger partial charge in [-0.25, -0.2) is 0 Å². The molecule has 0 unspecified atom stereocenters. The molecule has 0 aliphatic heterocycles. The number of unbranched alkanes of at least 4 members (excludes halogenated alkanes) is 10. The van der Waals surface area contributed by atoms with E-state index in [1.165, 1.54) is 102 Å². The molecule has 0 radical (unpaired) electrons. The van der Waals surface area contributed by atoms with Crippen LogP contribution in [0.15, 0.2) is 0 Å². The molecular formula is C20H44ClP. The molecule has 0 saturated carbocycles. The van der Waals surface area contributed by atoms with Gasteiger partial charge in [0.25, 0.3) is 0 Å². The summed E-state index contributed by atoms with van der Waals surface area (Å²) in [6.07, 6.45) is 22.0. The zero-order valence-electron chi connectivity index (χ0n) is 16.1. The topological polar surface area (TPSA) is 0 Å². The first-order valence-electron chi connectivity index (χ1n) is 10.3. The molecule has 0 N–H and O–H groups in total. The number of hydrogen-bond acceptors (Lipinski definition) is 0. The standard InChI is InChI=1S/C20H44ClP/c1-5-9-11-13-15-17-19-22(21,7-3,8-4)20-18-16-14-12-10-6-2/h5-20H2,1-4H3. The Morgan fingerprint density at radius 2 is 0.818 bits per heavy atom. The number of halogens is 1. The molecule has 2 heteroatoms. The van der Waals surface area contributed by atoms with Gasteiger partial charge in [0, 0.05) is 0 Å². The molecule has 0 bridgehead atoms. The van der Waals surface area contributed by atoms with Crippen LogP contribution in [0, 0.1) is 0 Å². The second-order valence-electron chi connectivity index (χ2n) is 7.43. The van der Waals surface area contributed by atoms with Crippen LogP contribution in [-0.4, -0.2) is 24.6 Å². The predicted molar refractivity (Wildman–Crippen MR) is 110 cm³/mol. The van der Waals surface area contributed by atoms with Crippen LogP contribution in [0.4, 0.5) is 0 Å². The molecular weight excluding hydrogens is 307 g/mol. The zero-order chi connectivity index (χ0) is 16.8. The third kappa shape index (κ3) is 9.77. The van der Waals surface area contributed by atoms with Crippen molar-refractivity contribution in [2.45, 2.75) is 105 Å². The molecule has 0 fully saturated rings. The fourth-order valence-corrected chi connectivity index (χ4v) is 8.22. The second-order valence-corrected chi connectivity index (χ2v) is 16.1. The third-order valence-corrected chi connectivity index (χ3v) is 14.2. The number of rotatable bonds is 16. The quantitative estimate of drug-likeness (QED) is 0.193. The normalized spacial score (nSPS) is 14.0. The van der Waals surface area contributed by atoms with Crippen molar-refractivity contribution in [3.05, 3.63) is 0 Å². The Bertz CT molecular complexity index is 228. The Balaban J connectivity index is 4.08. The molecule has 0 aromatic heterocycles. The van der Waals surface area contributed by atoms with Crippen LogP contribution in [0.1, 0.15) is 105 Å². The fourth-order valence-electron chi connectivity index (χ4n) is 3.54. The van der Waals surface area contributed by atoms with E-state index in [1.807, 2.05) is 0 Å². The van der Waals surface area contributed by atoms with Crippen LogP contribution in [0.3, 0.4) is 0 Å². The van der Waals surface area contributed by atoms with Crippen LogP contribution >= 0.6 is 17.2 Å². The summed E-state index contributed by atoms with van der Waals surface area (Å²) in [5.41, 5.74) is 0. The van der Waals surface area contributed by atoms with Crippen LogP contribution in [-0.2, 0) is 0 Å². The summed E-state index contributed by atoms with van der Waals surface area (Å²) in [6.45, 7) is 9.31. The predicted octanol–water partition coefficient (Wildman–Crippen LogP) is 8.45. The van der Waals surface area contributed by atoms with E-state index in [0.29, 0.717) is 0 Å². The van der Waals surface area contributed by atoms with Gasteiger partial charge < -0.3 is 0 Å². The van der Waals surface area contributed by atoms with Crippen molar-refractivity contribution in [2.75, 3.05) is 24.6 Å². The summed E-state index contributed by atoms with van der Waals surface area (Å²) in [4.78, 5) is 0. The van der Waals surface area contributed by atoms with Crippen LogP contribution < -0.4 is 0 Å². The molecule has 0 saturated heterocycles. The van der Waals surface area contributed by atoms with Gasteiger partial charge in [0.1, 0.15) is 0 Å². The first kappa shape index (κ1) is 22.7. The summed E-state index contributed by atoms with van der Waals surface area (Å²) in [5.74, 6) is -1.89. The van der Waals surface area contributed by atoms with Gasteiger partial charge in [-0.15, -0.1) is 0 Å². The molecule has 0 aliphatic rings. The van der Waals surface area contributed by atoms with Crippen molar-refractivity contribution in [1.82, 2.24) is 0 Å². The van der Waals surface area contributed by atoms with E-state index in [9.17, 15) is 0 Å². The fraction of sp³-hybridized carbons (Fsp3) is 1.00. The maximum atomic E-state index is 7.38. The van der Waals surface area contributed by atoms with Crippen LogP contribution in [0.2, 0.25) is 0 Å². The molecule has 0 aromatic rings. The average Bonchev–Trinajstić information content (AvgIpc) is 2.54. The first-order valence-corrected chi connectivity index (χ1v) is 14.1. The molecule has 0 heterocycles. The molecule has 0 amide bonds. The van der Waals surface area contributed by atoms with Gasteiger partial charge in [0.15, 0.2) is 0 Å². The van der Waals surface area contributed by atoms with Crippen LogP contribution in [0.5, 0.6) is 0 Å². The van der Waals surface area contributed by atoms with Gasteiger partial charge >= 0.3 is 147 Å². The molecule has 0 aromatic carbocycles. The van der Waals surface area contributed by atoms with Gasteiger partial charge in [-0.1, -0.05) is 0 Å². The van der Waals surface area contributed by atoms with Gasteiger partial charge in [-0.2, -0.15) is 0 Å². The summed E-state index contributed by atoms with van der Waals surface area (Å²) < 4.78 is 0. The van der Waals surface area contributed by atoms with Gasteiger partial charge in [-0.05, 0) is 0 Å². The second kappa shape index (κ2) is 13.1. The monoisotopic (exact) mass is 350 g/mol. The summed E-state index contributed by atoms with van der Waals surface area (Å²) >= 11 is 7.38. The molecule has 0 spiro atoms. The van der Waals surface area contributed by atoms with E-state index in [0.717, 1.165) is 0 Å². The van der Waals surface area contributed by atoms with Crippen molar-refractivity contribution >= 4 is 17.2 Å². The Hall–Kier alpha value is 0.720. The van der Waals surface area contributed by atoms with E-state index in [-0.39, 0.29) is 0 Å².